The first-order chi connectivity index (χ1) is 18.8. The number of amides is 1. The molecule has 1 aliphatic carbocycles. The monoisotopic (exact) mass is 506 g/mol. The molecule has 1 saturated heterocycles. The number of nitrogens with one attached hydrogen (secondary N) is 1. The number of rotatable bonds is 8. The Morgan fingerprint density at radius 3 is 2.51 bits per heavy atom. The van der Waals surface area contributed by atoms with Crippen LogP contribution in [-0.4, -0.2) is 53.1 Å². The van der Waals surface area contributed by atoms with Gasteiger partial charge in [-0.25, -0.2) is 4.98 Å². The van der Waals surface area contributed by atoms with E-state index in [1.165, 1.54) is 0 Å². The molecule has 1 amide bonds. The molecule has 0 radical (unpaired) electrons. The zero-order chi connectivity index (χ0) is 28.9. The summed E-state index contributed by atoms with van der Waals surface area (Å²) in [6, 6.07) is 9.14. The molecule has 1 N–H and O–H groups in total. The number of hydrogen-bond acceptors (Lipinski definition) is 8. The molecular weight excluding hydrogens is 469 g/mol. The second-order valence-corrected chi connectivity index (χ2v) is 10.6. The van der Waals surface area contributed by atoms with Gasteiger partial charge in [-0.05, 0) is 71.2 Å². The van der Waals surface area contributed by atoms with Crippen molar-refractivity contribution in [1.29, 1.82) is 0 Å². The van der Waals surface area contributed by atoms with E-state index in [2.05, 4.69) is 15.5 Å². The summed E-state index contributed by atoms with van der Waals surface area (Å²) in [6.07, 6.45) is 3.35. The van der Waals surface area contributed by atoms with Crippen molar-refractivity contribution in [3.05, 3.63) is 42.1 Å². The topological polar surface area (TPSA) is 98.7 Å². The molecule has 5 rings (SSSR count). The minimum Gasteiger partial charge on any atom is -0.497 e. The summed E-state index contributed by atoms with van der Waals surface area (Å²) in [5, 5.41) is 12.2. The van der Waals surface area contributed by atoms with Crippen LogP contribution in [-0.2, 0) is 20.6 Å². The zero-order valence-corrected chi connectivity index (χ0v) is 21.9. The van der Waals surface area contributed by atoms with Gasteiger partial charge in [-0.2, -0.15) is 0 Å². The van der Waals surface area contributed by atoms with Gasteiger partial charge >= 0.3 is 7.12 Å². The molecule has 9 nitrogen and oxygen atoms in total. The van der Waals surface area contributed by atoms with Crippen molar-refractivity contribution in [2.24, 2.45) is 5.92 Å². The van der Waals surface area contributed by atoms with Gasteiger partial charge in [0.05, 0.1) is 18.3 Å². The Labute approximate surface area is 222 Å². The van der Waals surface area contributed by atoms with E-state index in [1.807, 2.05) is 52.0 Å². The van der Waals surface area contributed by atoms with Gasteiger partial charge in [0.15, 0.2) is 11.6 Å². The Morgan fingerprint density at radius 1 is 1.19 bits per heavy atom. The third-order valence-electron chi connectivity index (χ3n) is 7.37. The normalized spacial score (nSPS) is 19.7. The SMILES string of the molecule is [2H]C([2H])([2H])CN(Cc1ccc(OC)cc1)c1ncc(B2OC(C)(C)C(C)(C)O2)c2cc(NC(=O)C3CC3)nnc12. The summed E-state index contributed by atoms with van der Waals surface area (Å²) in [5.41, 5.74) is 0.694. The van der Waals surface area contributed by atoms with Crippen LogP contribution in [0.25, 0.3) is 10.9 Å². The lowest BCUT2D eigenvalue weighted by molar-refractivity contribution is -0.117. The third kappa shape index (κ3) is 5.00. The lowest BCUT2D eigenvalue weighted by Gasteiger charge is -2.32. The second-order valence-electron chi connectivity index (χ2n) is 10.6. The van der Waals surface area contributed by atoms with Gasteiger partial charge in [-0.15, -0.1) is 10.2 Å². The largest absolute Gasteiger partial charge is 0.497 e. The van der Waals surface area contributed by atoms with Gasteiger partial charge in [0.25, 0.3) is 0 Å². The van der Waals surface area contributed by atoms with Crippen LogP contribution in [0.2, 0.25) is 0 Å². The van der Waals surface area contributed by atoms with E-state index in [1.54, 1.807) is 24.3 Å². The van der Waals surface area contributed by atoms with Gasteiger partial charge in [0.1, 0.15) is 11.3 Å². The van der Waals surface area contributed by atoms with Crippen LogP contribution in [0.3, 0.4) is 0 Å². The second kappa shape index (κ2) is 9.57. The molecule has 2 aliphatic rings. The molecule has 194 valence electrons. The fourth-order valence-electron chi connectivity index (χ4n) is 4.22. The van der Waals surface area contributed by atoms with Crippen LogP contribution < -0.4 is 20.4 Å². The first kappa shape index (κ1) is 21.8. The Hall–Kier alpha value is -3.24. The molecule has 10 heteroatoms. The van der Waals surface area contributed by atoms with Crippen LogP contribution in [0.5, 0.6) is 5.75 Å². The highest BCUT2D eigenvalue weighted by Gasteiger charge is 2.52. The average molecular weight is 506 g/mol. The minimum atomic E-state index is -2.27. The first-order valence-corrected chi connectivity index (χ1v) is 12.5. The number of pyridine rings is 1. The number of carbonyl (C=O) groups excluding carboxylic acids is 1. The molecule has 1 saturated carbocycles. The molecule has 2 fully saturated rings. The summed E-state index contributed by atoms with van der Waals surface area (Å²) in [7, 11) is 0.844. The predicted octanol–water partition coefficient (Wildman–Crippen LogP) is 3.71. The van der Waals surface area contributed by atoms with E-state index >= 15 is 0 Å². The number of aromatic nitrogens is 3. The third-order valence-corrected chi connectivity index (χ3v) is 7.37. The highest BCUT2D eigenvalue weighted by molar-refractivity contribution is 6.65. The van der Waals surface area contributed by atoms with E-state index in [9.17, 15) is 4.79 Å². The maximum absolute atomic E-state index is 12.5. The van der Waals surface area contributed by atoms with E-state index in [0.29, 0.717) is 33.8 Å². The van der Waals surface area contributed by atoms with Crippen molar-refractivity contribution in [3.8, 4) is 5.75 Å². The molecule has 1 aromatic carbocycles. The van der Waals surface area contributed by atoms with Crippen molar-refractivity contribution in [2.75, 3.05) is 23.9 Å². The molecule has 1 aliphatic heterocycles. The van der Waals surface area contributed by atoms with E-state index in [-0.39, 0.29) is 24.9 Å². The van der Waals surface area contributed by atoms with Gasteiger partial charge in [0, 0.05) is 40.2 Å². The standard InChI is InChI=1S/C27H34BN5O4/c1-7-33(16-17-8-12-19(35-6)13-9-17)24-23-20(14-22(31-32-23)30-25(34)18-10-11-18)21(15-29-24)28-36-26(2,3)27(4,5)37-28/h8-9,12-15,18H,7,10-11,16H2,1-6H3,(H,30,31,34)/i1D3. The number of carbonyl (C=O) groups is 1. The number of hydrogen-bond donors (Lipinski definition) is 1. The molecule has 3 heterocycles. The minimum absolute atomic E-state index is 0.00709. The number of nitrogens with zero attached hydrogens (tertiary/aromatic N) is 4. The highest BCUT2D eigenvalue weighted by Crippen LogP contribution is 2.37. The Morgan fingerprint density at radius 2 is 1.89 bits per heavy atom. The van der Waals surface area contributed by atoms with Crippen LogP contribution in [0.1, 0.15) is 57.1 Å². The fourth-order valence-corrected chi connectivity index (χ4v) is 4.22. The fraction of sp³-hybridized carbons (Fsp3) is 0.481. The summed E-state index contributed by atoms with van der Waals surface area (Å²) in [4.78, 5) is 18.8. The lowest BCUT2D eigenvalue weighted by atomic mass is 9.78. The predicted molar refractivity (Wildman–Crippen MR) is 144 cm³/mol. The molecule has 3 aromatic rings. The average Bonchev–Trinajstić information content (AvgIpc) is 3.69. The van der Waals surface area contributed by atoms with Crippen molar-refractivity contribution >= 4 is 41.0 Å². The Kier molecular flexibility index (Phi) is 5.64. The van der Waals surface area contributed by atoms with Crippen molar-refractivity contribution in [1.82, 2.24) is 15.2 Å². The zero-order valence-electron chi connectivity index (χ0n) is 24.9. The molecule has 2 aromatic heterocycles. The van der Waals surface area contributed by atoms with E-state index < -0.39 is 25.2 Å². The lowest BCUT2D eigenvalue weighted by Crippen LogP contribution is -2.41. The summed E-state index contributed by atoms with van der Waals surface area (Å²) in [5.74, 6) is 1.26. The highest BCUT2D eigenvalue weighted by atomic mass is 16.7. The molecule has 0 unspecified atom stereocenters. The summed E-state index contributed by atoms with van der Waals surface area (Å²) >= 11 is 0. The van der Waals surface area contributed by atoms with Crippen molar-refractivity contribution < 1.29 is 23.0 Å². The van der Waals surface area contributed by atoms with Crippen LogP contribution in [0.15, 0.2) is 36.5 Å². The van der Waals surface area contributed by atoms with Gasteiger partial charge in [-0.3, -0.25) is 4.79 Å². The van der Waals surface area contributed by atoms with Crippen LogP contribution in [0, 0.1) is 5.92 Å². The van der Waals surface area contributed by atoms with Gasteiger partial charge < -0.3 is 24.3 Å². The summed E-state index contributed by atoms with van der Waals surface area (Å²) < 4.78 is 41.9. The smallest absolute Gasteiger partial charge is 0.497 e. The van der Waals surface area contributed by atoms with Gasteiger partial charge in [-0.1, -0.05) is 12.1 Å². The van der Waals surface area contributed by atoms with Crippen molar-refractivity contribution in [3.63, 3.8) is 0 Å². The maximum atomic E-state index is 12.5. The quantitative estimate of drug-likeness (QED) is 0.462. The van der Waals surface area contributed by atoms with Crippen LogP contribution in [0.4, 0.5) is 11.6 Å². The van der Waals surface area contributed by atoms with Gasteiger partial charge in [0.2, 0.25) is 5.91 Å². The van der Waals surface area contributed by atoms with E-state index in [4.69, 9.17) is 23.1 Å². The number of benzene rings is 1. The Balaban J connectivity index is 1.59. The molecule has 37 heavy (non-hydrogen) atoms. The summed E-state index contributed by atoms with van der Waals surface area (Å²) in [6.45, 7) is 5.59. The number of ether oxygens (including phenoxy) is 1. The Bertz CT molecular complexity index is 1400. The molecule has 0 atom stereocenters. The molecular formula is C27H34BN5O4. The first-order valence-electron chi connectivity index (χ1n) is 14.0. The maximum Gasteiger partial charge on any atom is 0.497 e. The number of methoxy groups -OCH3 is 1. The van der Waals surface area contributed by atoms with E-state index in [0.717, 1.165) is 18.4 Å². The van der Waals surface area contributed by atoms with Crippen LogP contribution >= 0.6 is 0 Å². The molecule has 0 spiro atoms. The number of fused-ring (bicyclic) bond motifs is 1. The van der Waals surface area contributed by atoms with Crippen molar-refractivity contribution in [2.45, 2.75) is 65.1 Å². The molecule has 0 bridgehead atoms. The number of anilines is 2.